The van der Waals surface area contributed by atoms with Gasteiger partial charge in [0.05, 0.1) is 20.0 Å². The van der Waals surface area contributed by atoms with Crippen LogP contribution >= 0.6 is 11.3 Å². The van der Waals surface area contributed by atoms with Gasteiger partial charge in [0.15, 0.2) is 11.4 Å². The molecule has 0 saturated heterocycles. The first-order valence-electron chi connectivity index (χ1n) is 5.22. The molecule has 0 atom stereocenters. The molecule has 0 spiro atoms. The number of ether oxygens (including phenoxy) is 1. The Morgan fingerprint density at radius 3 is 2.89 bits per heavy atom. The van der Waals surface area contributed by atoms with Gasteiger partial charge in [-0.2, -0.15) is 10.5 Å². The SMILES string of the molecule is COC(=O)c1ccc(Cn2cnc(C#N)c2C#N)s1. The number of carbonyl (C=O) groups excluding carboxylic acids is 1. The monoisotopic (exact) mass is 272 g/mol. The van der Waals surface area contributed by atoms with Crippen LogP contribution in [0.1, 0.15) is 25.9 Å². The van der Waals surface area contributed by atoms with E-state index in [4.69, 9.17) is 10.5 Å². The Hall–Kier alpha value is -2.64. The summed E-state index contributed by atoms with van der Waals surface area (Å²) in [5, 5.41) is 17.8. The zero-order valence-electron chi connectivity index (χ0n) is 9.95. The van der Waals surface area contributed by atoms with E-state index in [1.165, 1.54) is 24.8 Å². The second-order valence-electron chi connectivity index (χ2n) is 3.55. The van der Waals surface area contributed by atoms with Gasteiger partial charge < -0.3 is 9.30 Å². The lowest BCUT2D eigenvalue weighted by molar-refractivity contribution is 0.0606. The van der Waals surface area contributed by atoms with Gasteiger partial charge in [-0.3, -0.25) is 0 Å². The van der Waals surface area contributed by atoms with Crippen molar-refractivity contribution in [1.82, 2.24) is 9.55 Å². The number of nitriles is 2. The number of nitrogens with zero attached hydrogens (tertiary/aromatic N) is 4. The molecule has 2 aromatic heterocycles. The number of esters is 1. The summed E-state index contributed by atoms with van der Waals surface area (Å²) < 4.78 is 6.20. The van der Waals surface area contributed by atoms with Crippen molar-refractivity contribution in [1.29, 1.82) is 10.5 Å². The molecule has 0 radical (unpaired) electrons. The molecule has 2 rings (SSSR count). The predicted molar refractivity (Wildman–Crippen MR) is 66.4 cm³/mol. The first-order chi connectivity index (χ1) is 9.19. The maximum atomic E-state index is 11.3. The number of methoxy groups -OCH3 is 1. The highest BCUT2D eigenvalue weighted by molar-refractivity contribution is 7.13. The van der Waals surface area contributed by atoms with E-state index in [1.54, 1.807) is 16.7 Å². The molecule has 0 N–H and O–H groups in total. The highest BCUT2D eigenvalue weighted by Crippen LogP contribution is 2.19. The van der Waals surface area contributed by atoms with Gasteiger partial charge in [-0.25, -0.2) is 9.78 Å². The molecule has 0 unspecified atom stereocenters. The summed E-state index contributed by atoms with van der Waals surface area (Å²) in [5.74, 6) is -0.389. The molecule has 0 aliphatic rings. The van der Waals surface area contributed by atoms with Crippen LogP contribution in [-0.2, 0) is 11.3 Å². The Balaban J connectivity index is 2.25. The zero-order valence-corrected chi connectivity index (χ0v) is 10.8. The molecule has 0 aliphatic carbocycles. The van der Waals surface area contributed by atoms with Crippen molar-refractivity contribution in [3.63, 3.8) is 0 Å². The van der Waals surface area contributed by atoms with Gasteiger partial charge >= 0.3 is 5.97 Å². The first-order valence-corrected chi connectivity index (χ1v) is 6.03. The molecule has 6 nitrogen and oxygen atoms in total. The number of rotatable bonds is 3. The lowest BCUT2D eigenvalue weighted by atomic mass is 10.3. The van der Waals surface area contributed by atoms with Crippen molar-refractivity contribution in [3.8, 4) is 12.1 Å². The minimum atomic E-state index is -0.389. The third kappa shape index (κ3) is 2.46. The zero-order chi connectivity index (χ0) is 13.8. The minimum absolute atomic E-state index is 0.104. The van der Waals surface area contributed by atoms with E-state index in [9.17, 15) is 4.79 Å². The van der Waals surface area contributed by atoms with Crippen LogP contribution in [0, 0.1) is 22.7 Å². The molecule has 0 aliphatic heterocycles. The fourth-order valence-electron chi connectivity index (χ4n) is 1.54. The molecule has 2 heterocycles. The molecular weight excluding hydrogens is 264 g/mol. The van der Waals surface area contributed by atoms with E-state index in [0.29, 0.717) is 11.4 Å². The lowest BCUT2D eigenvalue weighted by Gasteiger charge is -2.00. The molecule has 7 heteroatoms. The maximum Gasteiger partial charge on any atom is 0.348 e. The molecule has 0 aromatic carbocycles. The van der Waals surface area contributed by atoms with Gasteiger partial charge in [-0.15, -0.1) is 11.3 Å². The van der Waals surface area contributed by atoms with E-state index in [0.717, 1.165) is 4.88 Å². The van der Waals surface area contributed by atoms with E-state index in [2.05, 4.69) is 9.72 Å². The van der Waals surface area contributed by atoms with E-state index in [-0.39, 0.29) is 17.4 Å². The van der Waals surface area contributed by atoms with Crippen LogP contribution in [0.25, 0.3) is 0 Å². The Morgan fingerprint density at radius 1 is 1.47 bits per heavy atom. The molecule has 0 fully saturated rings. The van der Waals surface area contributed by atoms with Crippen molar-refractivity contribution < 1.29 is 9.53 Å². The van der Waals surface area contributed by atoms with Crippen molar-refractivity contribution in [2.24, 2.45) is 0 Å². The summed E-state index contributed by atoms with van der Waals surface area (Å²) in [4.78, 5) is 16.5. The largest absolute Gasteiger partial charge is 0.465 e. The average molecular weight is 272 g/mol. The molecule has 2 aromatic rings. The van der Waals surface area contributed by atoms with E-state index < -0.39 is 0 Å². The fraction of sp³-hybridized carbons (Fsp3) is 0.167. The van der Waals surface area contributed by atoms with Gasteiger partial charge in [0.2, 0.25) is 0 Å². The van der Waals surface area contributed by atoms with Crippen molar-refractivity contribution in [3.05, 3.63) is 39.6 Å². The molecule has 0 saturated carbocycles. The first kappa shape index (κ1) is 12.8. The summed E-state index contributed by atoms with van der Waals surface area (Å²) >= 11 is 1.28. The van der Waals surface area contributed by atoms with E-state index >= 15 is 0 Å². The van der Waals surface area contributed by atoms with Crippen LogP contribution in [0.2, 0.25) is 0 Å². The number of thiophene rings is 1. The van der Waals surface area contributed by atoms with Crippen molar-refractivity contribution in [2.45, 2.75) is 6.54 Å². The summed E-state index contributed by atoms with van der Waals surface area (Å²) in [5.41, 5.74) is 0.322. The molecule has 19 heavy (non-hydrogen) atoms. The maximum absolute atomic E-state index is 11.3. The van der Waals surface area contributed by atoms with Crippen LogP contribution in [0.4, 0.5) is 0 Å². The molecule has 94 valence electrons. The minimum Gasteiger partial charge on any atom is -0.465 e. The fourth-order valence-corrected chi connectivity index (χ4v) is 2.47. The van der Waals surface area contributed by atoms with Gasteiger partial charge in [-0.05, 0) is 12.1 Å². The Bertz CT molecular complexity index is 702. The quantitative estimate of drug-likeness (QED) is 0.790. The number of carbonyl (C=O) groups is 1. The van der Waals surface area contributed by atoms with Crippen LogP contribution in [-0.4, -0.2) is 22.6 Å². The standard InChI is InChI=1S/C12H8N4O2S/c1-18-12(17)11-3-2-8(19-11)6-16-7-15-9(4-13)10(16)5-14/h2-3,7H,6H2,1H3. The van der Waals surface area contributed by atoms with Crippen LogP contribution in [0.3, 0.4) is 0 Å². The molecule has 0 amide bonds. The van der Waals surface area contributed by atoms with Gasteiger partial charge in [-0.1, -0.05) is 0 Å². The summed E-state index contributed by atoms with van der Waals surface area (Å²) in [6, 6.07) is 7.26. The Kier molecular flexibility index (Phi) is 3.60. The third-order valence-electron chi connectivity index (χ3n) is 2.42. The van der Waals surface area contributed by atoms with Crippen LogP contribution in [0.15, 0.2) is 18.5 Å². The number of aromatic nitrogens is 2. The second kappa shape index (κ2) is 5.34. The van der Waals surface area contributed by atoms with Crippen molar-refractivity contribution in [2.75, 3.05) is 7.11 Å². The Labute approximate surface area is 113 Å². The Morgan fingerprint density at radius 2 is 2.26 bits per heavy atom. The van der Waals surface area contributed by atoms with Gasteiger partial charge in [0.25, 0.3) is 0 Å². The van der Waals surface area contributed by atoms with Gasteiger partial charge in [0, 0.05) is 4.88 Å². The number of hydrogen-bond donors (Lipinski definition) is 0. The van der Waals surface area contributed by atoms with Crippen LogP contribution in [0.5, 0.6) is 0 Å². The number of hydrogen-bond acceptors (Lipinski definition) is 6. The lowest BCUT2D eigenvalue weighted by Crippen LogP contribution is -2.00. The summed E-state index contributed by atoms with van der Waals surface area (Å²) in [7, 11) is 1.32. The topological polar surface area (TPSA) is 91.7 Å². The van der Waals surface area contributed by atoms with Gasteiger partial charge in [0.1, 0.15) is 17.0 Å². The van der Waals surface area contributed by atoms with E-state index in [1.807, 2.05) is 12.1 Å². The second-order valence-corrected chi connectivity index (χ2v) is 4.72. The molecule has 0 bridgehead atoms. The molecular formula is C12H8N4O2S. The predicted octanol–water partition coefficient (Wildman–Crippen LogP) is 1.52. The van der Waals surface area contributed by atoms with Crippen molar-refractivity contribution >= 4 is 17.3 Å². The highest BCUT2D eigenvalue weighted by Gasteiger charge is 2.13. The summed E-state index contributed by atoms with van der Waals surface area (Å²) in [6.45, 7) is 0.388. The average Bonchev–Trinajstić information content (AvgIpc) is 3.04. The highest BCUT2D eigenvalue weighted by atomic mass is 32.1. The smallest absolute Gasteiger partial charge is 0.348 e. The normalized spacial score (nSPS) is 9.63. The number of imidazole rings is 1. The van der Waals surface area contributed by atoms with Crippen LogP contribution < -0.4 is 0 Å². The summed E-state index contributed by atoms with van der Waals surface area (Å²) in [6.07, 6.45) is 1.44. The third-order valence-corrected chi connectivity index (χ3v) is 3.47.